The summed E-state index contributed by atoms with van der Waals surface area (Å²) in [5, 5.41) is 6.57. The summed E-state index contributed by atoms with van der Waals surface area (Å²) in [6, 6.07) is 12.4. The Morgan fingerprint density at radius 1 is 1.13 bits per heavy atom. The van der Waals surface area contributed by atoms with Crippen molar-refractivity contribution >= 4 is 16.9 Å². The van der Waals surface area contributed by atoms with Gasteiger partial charge in [-0.05, 0) is 73.1 Å². The number of carbonyl (C=O) groups is 1. The molecule has 1 amide bonds. The van der Waals surface area contributed by atoms with Crippen LogP contribution < -0.4 is 15.4 Å². The zero-order chi connectivity index (χ0) is 33.7. The third-order valence-electron chi connectivity index (χ3n) is 9.93. The Morgan fingerprint density at radius 2 is 1.87 bits per heavy atom. The number of benzene rings is 2. The van der Waals surface area contributed by atoms with Crippen LogP contribution in [-0.2, 0) is 5.54 Å². The molecule has 1 unspecified atom stereocenters. The van der Waals surface area contributed by atoms with Crippen LogP contribution in [0.1, 0.15) is 99.0 Å². The highest BCUT2D eigenvalue weighted by Gasteiger charge is 2.66. The SMILES string of the molecule is Cc1cc(-c2ccc3nc4n(c3c2)[C@H]2C[C@@H]4NC(=O)c3cccc(OC(C)F)c32)cnc1C1(NCC(C)(C)C)CC(C)(C(F)(F)F)C1. The summed E-state index contributed by atoms with van der Waals surface area (Å²) in [5.41, 5.74) is 3.06. The Balaban J connectivity index is 1.27. The summed E-state index contributed by atoms with van der Waals surface area (Å²) in [4.78, 5) is 22.9. The molecule has 47 heavy (non-hydrogen) atoms. The highest BCUT2D eigenvalue weighted by Crippen LogP contribution is 2.61. The third-order valence-corrected chi connectivity index (χ3v) is 9.93. The van der Waals surface area contributed by atoms with Crippen molar-refractivity contribution in [3.05, 3.63) is 76.9 Å². The minimum atomic E-state index is -4.30. The summed E-state index contributed by atoms with van der Waals surface area (Å²) in [6.07, 6.45) is -3.71. The lowest BCUT2D eigenvalue weighted by Gasteiger charge is -2.56. The molecule has 3 atom stereocenters. The number of rotatable bonds is 6. The van der Waals surface area contributed by atoms with Crippen molar-refractivity contribution in [2.45, 2.75) is 91.0 Å². The average Bonchev–Trinajstić information content (AvgIpc) is 3.45. The number of imidazole rings is 1. The van der Waals surface area contributed by atoms with Gasteiger partial charge in [0, 0.05) is 36.4 Å². The number of nitrogens with one attached hydrogen (secondary N) is 2. The molecule has 7 nitrogen and oxygen atoms in total. The predicted molar refractivity (Wildman–Crippen MR) is 171 cm³/mol. The topological polar surface area (TPSA) is 81.1 Å². The van der Waals surface area contributed by atoms with E-state index in [1.165, 1.54) is 13.8 Å². The van der Waals surface area contributed by atoms with Crippen LogP contribution in [-0.4, -0.2) is 39.5 Å². The fourth-order valence-electron chi connectivity index (χ4n) is 7.79. The number of hydrogen-bond acceptors (Lipinski definition) is 5. The van der Waals surface area contributed by atoms with E-state index in [9.17, 15) is 22.4 Å². The number of ether oxygens (including phenoxy) is 1. The predicted octanol–water partition coefficient (Wildman–Crippen LogP) is 8.07. The van der Waals surface area contributed by atoms with Crippen LogP contribution >= 0.6 is 0 Å². The van der Waals surface area contributed by atoms with E-state index in [0.717, 1.165) is 33.5 Å². The second kappa shape index (κ2) is 10.5. The number of nitrogens with zero attached hydrogens (tertiary/aromatic N) is 3. The normalized spacial score (nSPS) is 25.9. The first-order valence-corrected chi connectivity index (χ1v) is 16.0. The number of aryl methyl sites for hydroxylation is 1. The molecule has 0 saturated heterocycles. The molecule has 1 saturated carbocycles. The first-order chi connectivity index (χ1) is 22.0. The van der Waals surface area contributed by atoms with E-state index < -0.39 is 23.5 Å². The number of aromatic nitrogens is 3. The Bertz CT molecular complexity index is 1900. The summed E-state index contributed by atoms with van der Waals surface area (Å²) >= 11 is 0. The highest BCUT2D eigenvalue weighted by molar-refractivity contribution is 5.98. The number of hydrogen-bond donors (Lipinski definition) is 2. The molecule has 2 aliphatic heterocycles. The van der Waals surface area contributed by atoms with Gasteiger partial charge >= 0.3 is 6.18 Å². The van der Waals surface area contributed by atoms with E-state index in [0.29, 0.717) is 35.5 Å². The summed E-state index contributed by atoms with van der Waals surface area (Å²) in [6.45, 7) is 11.2. The van der Waals surface area contributed by atoms with E-state index in [4.69, 9.17) is 14.7 Å². The van der Waals surface area contributed by atoms with Gasteiger partial charge in [0.15, 0.2) is 0 Å². The van der Waals surface area contributed by atoms with Gasteiger partial charge in [-0.3, -0.25) is 9.78 Å². The molecule has 0 spiro atoms. The van der Waals surface area contributed by atoms with Crippen molar-refractivity contribution < 1.29 is 27.1 Å². The molecule has 2 aromatic heterocycles. The molecule has 2 N–H and O–H groups in total. The van der Waals surface area contributed by atoms with Crippen LogP contribution in [0.15, 0.2) is 48.7 Å². The molecule has 2 aromatic carbocycles. The molecular weight excluding hydrogens is 610 g/mol. The largest absolute Gasteiger partial charge is 0.460 e. The lowest BCUT2D eigenvalue weighted by molar-refractivity contribution is -0.266. The van der Waals surface area contributed by atoms with E-state index in [-0.39, 0.29) is 36.2 Å². The Labute approximate surface area is 271 Å². The van der Waals surface area contributed by atoms with E-state index in [1.807, 2.05) is 31.2 Å². The van der Waals surface area contributed by atoms with Gasteiger partial charge in [0.1, 0.15) is 11.6 Å². The van der Waals surface area contributed by atoms with Gasteiger partial charge in [-0.1, -0.05) is 39.8 Å². The van der Waals surface area contributed by atoms with E-state index >= 15 is 0 Å². The molecule has 2 bridgehead atoms. The standard InChI is InChI=1S/C36H39F4N5O2/c1-19-12-22(15-41-30(19)35(42-18-33(3,4)5)16-34(6,17-35)36(38,39)40)21-10-11-24-26(13-21)45-27-14-25(31(45)43-24)44-32(46)23-8-7-9-28(29(23)27)47-20(2)37/h7-13,15,20,25,27,42H,14,16-18H2,1-6H3,(H,44,46)/t20?,25-,27-,34?,35?/m0/s1. The first-order valence-electron chi connectivity index (χ1n) is 16.0. The van der Waals surface area contributed by atoms with Crippen LogP contribution in [0.25, 0.3) is 22.2 Å². The van der Waals surface area contributed by atoms with E-state index in [2.05, 4.69) is 36.0 Å². The maximum atomic E-state index is 14.1. The lowest BCUT2D eigenvalue weighted by Crippen LogP contribution is -2.63. The van der Waals surface area contributed by atoms with Crippen molar-refractivity contribution in [2.75, 3.05) is 6.54 Å². The van der Waals surface area contributed by atoms with Crippen molar-refractivity contribution in [3.8, 4) is 16.9 Å². The van der Waals surface area contributed by atoms with Crippen LogP contribution in [0.4, 0.5) is 17.6 Å². The van der Waals surface area contributed by atoms with Crippen LogP contribution in [0.3, 0.4) is 0 Å². The van der Waals surface area contributed by atoms with Gasteiger partial charge in [0.05, 0.1) is 39.8 Å². The summed E-state index contributed by atoms with van der Waals surface area (Å²) in [5.74, 6) is 0.798. The van der Waals surface area contributed by atoms with Gasteiger partial charge in [-0.2, -0.15) is 13.2 Å². The summed E-state index contributed by atoms with van der Waals surface area (Å²) in [7, 11) is 0. The monoisotopic (exact) mass is 649 g/mol. The number of pyridine rings is 1. The Morgan fingerprint density at radius 3 is 2.53 bits per heavy atom. The fraction of sp³-hybridized carbons (Fsp3) is 0.472. The van der Waals surface area contributed by atoms with Crippen molar-refractivity contribution in [3.63, 3.8) is 0 Å². The minimum absolute atomic E-state index is 0.0753. The van der Waals surface area contributed by atoms with Gasteiger partial charge < -0.3 is 19.9 Å². The maximum Gasteiger partial charge on any atom is 0.394 e. The van der Waals surface area contributed by atoms with Crippen LogP contribution in [0, 0.1) is 17.8 Å². The number of alkyl halides is 4. The zero-order valence-electron chi connectivity index (χ0n) is 27.3. The average molecular weight is 650 g/mol. The molecule has 11 heteroatoms. The first kappa shape index (κ1) is 31.6. The Hall–Kier alpha value is -3.99. The van der Waals surface area contributed by atoms with Gasteiger partial charge in [0.25, 0.3) is 5.91 Å². The number of halogens is 4. The fourth-order valence-corrected chi connectivity index (χ4v) is 7.79. The molecule has 4 aromatic rings. The Kier molecular flexibility index (Phi) is 7.06. The second-order valence-corrected chi connectivity index (χ2v) is 15.0. The summed E-state index contributed by atoms with van der Waals surface area (Å²) < 4.78 is 63.7. The molecule has 1 fully saturated rings. The number of fused-ring (bicyclic) bond motifs is 9. The molecule has 248 valence electrons. The smallest absolute Gasteiger partial charge is 0.394 e. The van der Waals surface area contributed by atoms with Crippen LogP contribution in [0.2, 0.25) is 0 Å². The molecule has 0 radical (unpaired) electrons. The van der Waals surface area contributed by atoms with Crippen molar-refractivity contribution in [1.82, 2.24) is 25.2 Å². The van der Waals surface area contributed by atoms with Gasteiger partial charge in [-0.15, -0.1) is 0 Å². The number of amides is 1. The van der Waals surface area contributed by atoms with Crippen molar-refractivity contribution in [1.29, 1.82) is 0 Å². The molecule has 7 rings (SSSR count). The van der Waals surface area contributed by atoms with E-state index in [1.54, 1.807) is 24.4 Å². The third kappa shape index (κ3) is 5.17. The van der Waals surface area contributed by atoms with Gasteiger partial charge in [-0.25, -0.2) is 9.37 Å². The minimum Gasteiger partial charge on any atom is -0.460 e. The quantitative estimate of drug-likeness (QED) is 0.207. The second-order valence-electron chi connectivity index (χ2n) is 15.0. The van der Waals surface area contributed by atoms with Crippen molar-refractivity contribution in [2.24, 2.45) is 10.8 Å². The maximum absolute atomic E-state index is 14.1. The van der Waals surface area contributed by atoms with Gasteiger partial charge in [0.2, 0.25) is 6.36 Å². The molecular formula is C36H39F4N5O2. The highest BCUT2D eigenvalue weighted by atomic mass is 19.4. The van der Waals surface area contributed by atoms with Crippen LogP contribution in [0.5, 0.6) is 5.75 Å². The number of carbonyl (C=O) groups excluding carboxylic acids is 1. The zero-order valence-corrected chi connectivity index (χ0v) is 27.3. The molecule has 3 aliphatic rings. The lowest BCUT2D eigenvalue weighted by atomic mass is 9.55. The molecule has 1 aliphatic carbocycles. The molecule has 4 heterocycles.